The van der Waals surface area contributed by atoms with E-state index in [1.807, 2.05) is 20.8 Å². The van der Waals surface area contributed by atoms with Crippen molar-refractivity contribution in [2.45, 2.75) is 172 Å². The van der Waals surface area contributed by atoms with Crippen molar-refractivity contribution < 1.29 is 60.9 Å². The number of aliphatic hydroxyl groups is 2. The van der Waals surface area contributed by atoms with Gasteiger partial charge in [-0.1, -0.05) is 48.5 Å². The quantitative estimate of drug-likeness (QED) is 0.190. The zero-order valence-corrected chi connectivity index (χ0v) is 32.7. The molecule has 13 nitrogen and oxygen atoms in total. The summed E-state index contributed by atoms with van der Waals surface area (Å²) >= 11 is 0. The fourth-order valence-corrected chi connectivity index (χ4v) is 12.0. The van der Waals surface area contributed by atoms with Gasteiger partial charge in [-0.3, -0.25) is 18.6 Å². The van der Waals surface area contributed by atoms with Gasteiger partial charge in [0.2, 0.25) is 0 Å². The maximum Gasteiger partial charge on any atom is 0.344 e. The highest BCUT2D eigenvalue weighted by Gasteiger charge is 2.66. The van der Waals surface area contributed by atoms with Crippen LogP contribution in [0.3, 0.4) is 0 Å². The highest BCUT2D eigenvalue weighted by Crippen LogP contribution is 2.60. The van der Waals surface area contributed by atoms with Crippen molar-refractivity contribution in [1.82, 2.24) is 0 Å². The average molecular weight is 757 g/mol. The molecule has 0 aromatic carbocycles. The summed E-state index contributed by atoms with van der Waals surface area (Å²) in [6.07, 6.45) is 9.23. The second kappa shape index (κ2) is 15.1. The summed E-state index contributed by atoms with van der Waals surface area (Å²) in [5.74, 6) is -1.36. The standard InChI is InChI=1S/C14H22O4.C13H22O4.C11H16O5S/c1-9(2)11(15)18-14-5-10-3-12(16,7-14)6-13(17,4-10)8-14;1-4-13(7-5-6-8-13)17-11(14)9-16-12(15)10(2)3;1-5(2)11(12)15-9-6-3-7-8(4-6)17(13,14)16-10(7)9/h9-10,16-17H,3-8H2,1-2H3;10H,4-9H2,1-3H3;5-10H,3-4H2,1-2H3. The first-order chi connectivity index (χ1) is 24.1. The molecule has 1 heterocycles. The molecule has 7 aliphatic carbocycles. The Balaban J connectivity index is 0.000000151. The minimum absolute atomic E-state index is 0.0370. The molecule has 52 heavy (non-hydrogen) atoms. The highest BCUT2D eigenvalue weighted by atomic mass is 32.2. The van der Waals surface area contributed by atoms with Crippen LogP contribution in [0.1, 0.15) is 132 Å². The van der Waals surface area contributed by atoms with E-state index < -0.39 is 39.0 Å². The Labute approximate surface area is 308 Å². The molecule has 8 rings (SSSR count). The maximum absolute atomic E-state index is 11.9. The van der Waals surface area contributed by atoms with Crippen LogP contribution in [0, 0.1) is 35.5 Å². The highest BCUT2D eigenvalue weighted by molar-refractivity contribution is 7.87. The summed E-state index contributed by atoms with van der Waals surface area (Å²) in [6, 6.07) is 0. The summed E-state index contributed by atoms with van der Waals surface area (Å²) in [5.41, 5.74) is -2.58. The number of hydrogen-bond donors (Lipinski definition) is 2. The predicted molar refractivity (Wildman–Crippen MR) is 187 cm³/mol. The molecule has 0 amide bonds. The van der Waals surface area contributed by atoms with E-state index in [4.69, 9.17) is 23.1 Å². The van der Waals surface area contributed by atoms with Crippen molar-refractivity contribution in [2.75, 3.05) is 6.61 Å². The third kappa shape index (κ3) is 8.81. The topological polar surface area (TPSA) is 189 Å². The Morgan fingerprint density at radius 1 is 0.788 bits per heavy atom. The van der Waals surface area contributed by atoms with Crippen LogP contribution < -0.4 is 0 Å². The van der Waals surface area contributed by atoms with E-state index >= 15 is 0 Å². The summed E-state index contributed by atoms with van der Waals surface area (Å²) in [4.78, 5) is 46.2. The zero-order chi connectivity index (χ0) is 38.4. The van der Waals surface area contributed by atoms with Crippen molar-refractivity contribution in [3.8, 4) is 0 Å². The number of carbonyl (C=O) groups is 4. The molecule has 1 saturated heterocycles. The Bertz CT molecular complexity index is 1450. The van der Waals surface area contributed by atoms with Crippen LogP contribution in [0.15, 0.2) is 0 Å². The molecule has 2 N–H and O–H groups in total. The monoisotopic (exact) mass is 756 g/mol. The Morgan fingerprint density at radius 2 is 1.37 bits per heavy atom. The maximum atomic E-state index is 11.9. The second-order valence-corrected chi connectivity index (χ2v) is 19.5. The lowest BCUT2D eigenvalue weighted by Crippen LogP contribution is -2.67. The summed E-state index contributed by atoms with van der Waals surface area (Å²) in [5, 5.41) is 20.7. The first-order valence-electron chi connectivity index (χ1n) is 19.3. The smallest absolute Gasteiger partial charge is 0.344 e. The normalized spacial score (nSPS) is 38.0. The molecule has 7 atom stereocenters. The van der Waals surface area contributed by atoms with Gasteiger partial charge in [-0.15, -0.1) is 0 Å². The SMILES string of the molecule is CC(C)C(=O)OC12CC3CC(O)(CC(O)(C3)C1)C2.CC(C)C(=O)OC1C2CC3C1OS(=O)(=O)C3C2.CCC1(OC(=O)COC(=O)C(C)C)CCCC1. The fourth-order valence-electron chi connectivity index (χ4n) is 10.1. The molecule has 8 aliphatic rings. The van der Waals surface area contributed by atoms with E-state index in [0.29, 0.717) is 25.7 Å². The molecule has 0 spiro atoms. The molecule has 1 aliphatic heterocycles. The third-order valence-corrected chi connectivity index (χ3v) is 14.0. The van der Waals surface area contributed by atoms with Gasteiger partial charge in [0.25, 0.3) is 10.1 Å². The molecule has 6 bridgehead atoms. The number of rotatable bonds is 9. The number of hydrogen-bond acceptors (Lipinski definition) is 13. The fraction of sp³-hybridized carbons (Fsp3) is 0.895. The van der Waals surface area contributed by atoms with Crippen LogP contribution in [-0.4, -0.2) is 89.0 Å². The zero-order valence-electron chi connectivity index (χ0n) is 31.9. The molecule has 7 unspecified atom stereocenters. The van der Waals surface area contributed by atoms with Gasteiger partial charge in [-0.2, -0.15) is 8.42 Å². The summed E-state index contributed by atoms with van der Waals surface area (Å²) in [6.45, 7) is 12.4. The number of esters is 4. The van der Waals surface area contributed by atoms with Crippen LogP contribution in [0.2, 0.25) is 0 Å². The van der Waals surface area contributed by atoms with Crippen molar-refractivity contribution in [2.24, 2.45) is 35.5 Å². The molecular formula is C38H60O13S. The van der Waals surface area contributed by atoms with Gasteiger partial charge < -0.3 is 29.2 Å². The van der Waals surface area contributed by atoms with E-state index in [0.717, 1.165) is 57.8 Å². The van der Waals surface area contributed by atoms with Crippen LogP contribution in [0.5, 0.6) is 0 Å². The second-order valence-electron chi connectivity index (χ2n) is 17.7. The molecule has 0 aromatic rings. The lowest BCUT2D eigenvalue weighted by molar-refractivity contribution is -0.262. The molecule has 8 fully saturated rings. The van der Waals surface area contributed by atoms with Gasteiger partial charge in [0.1, 0.15) is 23.4 Å². The molecule has 0 radical (unpaired) electrons. The van der Waals surface area contributed by atoms with Gasteiger partial charge >= 0.3 is 23.9 Å². The molecule has 296 valence electrons. The predicted octanol–water partition coefficient (Wildman–Crippen LogP) is 4.53. The van der Waals surface area contributed by atoms with Crippen LogP contribution in [0.25, 0.3) is 0 Å². The largest absolute Gasteiger partial charge is 0.459 e. The van der Waals surface area contributed by atoms with E-state index in [2.05, 4.69) is 0 Å². The van der Waals surface area contributed by atoms with Crippen molar-refractivity contribution >= 4 is 34.0 Å². The van der Waals surface area contributed by atoms with Gasteiger partial charge in [0, 0.05) is 31.1 Å². The van der Waals surface area contributed by atoms with Crippen LogP contribution in [0.4, 0.5) is 0 Å². The van der Waals surface area contributed by atoms with E-state index in [-0.39, 0.29) is 77.0 Å². The van der Waals surface area contributed by atoms with E-state index in [1.54, 1.807) is 27.7 Å². The lowest BCUT2D eigenvalue weighted by atomic mass is 9.50. The van der Waals surface area contributed by atoms with Crippen molar-refractivity contribution in [3.63, 3.8) is 0 Å². The van der Waals surface area contributed by atoms with Crippen molar-refractivity contribution in [3.05, 3.63) is 0 Å². The third-order valence-electron chi connectivity index (χ3n) is 12.2. The summed E-state index contributed by atoms with van der Waals surface area (Å²) in [7, 11) is -3.41. The van der Waals surface area contributed by atoms with Gasteiger partial charge in [-0.05, 0) is 70.1 Å². The first kappa shape index (κ1) is 40.9. The Hall–Kier alpha value is -2.29. The Kier molecular flexibility index (Phi) is 11.9. The van der Waals surface area contributed by atoms with Gasteiger partial charge in [-0.25, -0.2) is 4.79 Å². The van der Waals surface area contributed by atoms with Crippen molar-refractivity contribution in [1.29, 1.82) is 0 Å². The van der Waals surface area contributed by atoms with Gasteiger partial charge in [0.15, 0.2) is 6.61 Å². The number of carbonyl (C=O) groups excluding carboxylic acids is 4. The first-order valence-corrected chi connectivity index (χ1v) is 20.8. The Morgan fingerprint density at radius 3 is 1.88 bits per heavy atom. The lowest BCUT2D eigenvalue weighted by Gasteiger charge is -2.62. The molecular weight excluding hydrogens is 696 g/mol. The number of ether oxygens (including phenoxy) is 4. The van der Waals surface area contributed by atoms with Crippen LogP contribution in [-0.2, 0) is 52.4 Å². The molecule has 14 heteroatoms. The van der Waals surface area contributed by atoms with E-state index in [9.17, 15) is 37.8 Å². The minimum Gasteiger partial charge on any atom is -0.459 e. The van der Waals surface area contributed by atoms with E-state index in [1.165, 1.54) is 0 Å². The van der Waals surface area contributed by atoms with Gasteiger partial charge in [0.05, 0.1) is 34.2 Å². The minimum atomic E-state index is -3.41. The summed E-state index contributed by atoms with van der Waals surface area (Å²) < 4.78 is 49.9. The average Bonchev–Trinajstić information content (AvgIpc) is 3.78. The molecule has 0 aromatic heterocycles. The van der Waals surface area contributed by atoms with Crippen LogP contribution >= 0.6 is 0 Å². The number of fused-ring (bicyclic) bond motifs is 1. The molecule has 7 saturated carbocycles.